The highest BCUT2D eigenvalue weighted by Crippen LogP contribution is 2.26. The Hall–Kier alpha value is -1.20. The average Bonchev–Trinajstić information content (AvgIpc) is 2.94. The van der Waals surface area contributed by atoms with Gasteiger partial charge >= 0.3 is 0 Å². The molecule has 0 bridgehead atoms. The molecule has 0 saturated carbocycles. The van der Waals surface area contributed by atoms with Crippen molar-refractivity contribution in [3.63, 3.8) is 0 Å². The second kappa shape index (κ2) is 5.20. The van der Waals surface area contributed by atoms with Crippen molar-refractivity contribution in [2.75, 3.05) is 31.2 Å². The molecule has 3 rings (SSSR count). The van der Waals surface area contributed by atoms with E-state index in [2.05, 4.69) is 20.9 Å². The fourth-order valence-corrected chi connectivity index (χ4v) is 2.62. The van der Waals surface area contributed by atoms with Crippen LogP contribution in [0.2, 0.25) is 0 Å². The van der Waals surface area contributed by atoms with Crippen LogP contribution in [0.5, 0.6) is 0 Å². The Morgan fingerprint density at radius 3 is 2.78 bits per heavy atom. The van der Waals surface area contributed by atoms with Gasteiger partial charge in [0.25, 0.3) is 0 Å². The molecule has 2 aliphatic rings. The van der Waals surface area contributed by atoms with Gasteiger partial charge in [0, 0.05) is 31.7 Å². The van der Waals surface area contributed by atoms with Crippen molar-refractivity contribution in [3.05, 3.63) is 18.1 Å². The first-order valence-electron chi connectivity index (χ1n) is 6.65. The number of rotatable bonds is 2. The highest BCUT2D eigenvalue weighted by atomic mass is 16.5. The SMILES string of the molecule is OC1CCN(c2cc(C3CCOC3)ncn2)CC1. The highest BCUT2D eigenvalue weighted by molar-refractivity contribution is 5.40. The number of aliphatic hydroxyl groups is 1. The molecule has 98 valence electrons. The molecule has 2 saturated heterocycles. The van der Waals surface area contributed by atoms with Crippen molar-refractivity contribution < 1.29 is 9.84 Å². The fraction of sp³-hybridized carbons (Fsp3) is 0.692. The van der Waals surface area contributed by atoms with Crippen LogP contribution in [0.25, 0.3) is 0 Å². The van der Waals surface area contributed by atoms with Crippen LogP contribution in [0.15, 0.2) is 12.4 Å². The molecular formula is C13H19N3O2. The predicted octanol–water partition coefficient (Wildman–Crippen LogP) is 0.942. The molecule has 2 fully saturated rings. The second-order valence-electron chi connectivity index (χ2n) is 5.08. The smallest absolute Gasteiger partial charge is 0.132 e. The summed E-state index contributed by atoms with van der Waals surface area (Å²) in [6.45, 7) is 3.35. The molecule has 5 heteroatoms. The Kier molecular flexibility index (Phi) is 3.43. The number of aromatic nitrogens is 2. The normalized spacial score (nSPS) is 25.6. The zero-order chi connectivity index (χ0) is 12.4. The van der Waals surface area contributed by atoms with Crippen LogP contribution in [0.3, 0.4) is 0 Å². The van der Waals surface area contributed by atoms with Gasteiger partial charge in [0.2, 0.25) is 0 Å². The summed E-state index contributed by atoms with van der Waals surface area (Å²) >= 11 is 0. The summed E-state index contributed by atoms with van der Waals surface area (Å²) in [5, 5.41) is 9.53. The number of ether oxygens (including phenoxy) is 1. The second-order valence-corrected chi connectivity index (χ2v) is 5.08. The van der Waals surface area contributed by atoms with E-state index in [9.17, 15) is 5.11 Å². The highest BCUT2D eigenvalue weighted by Gasteiger charge is 2.22. The Labute approximate surface area is 107 Å². The minimum absolute atomic E-state index is 0.147. The third-order valence-electron chi connectivity index (χ3n) is 3.81. The lowest BCUT2D eigenvalue weighted by atomic mass is 10.0. The minimum Gasteiger partial charge on any atom is -0.393 e. The van der Waals surface area contributed by atoms with E-state index >= 15 is 0 Å². The van der Waals surface area contributed by atoms with Gasteiger partial charge < -0.3 is 14.7 Å². The fourth-order valence-electron chi connectivity index (χ4n) is 2.62. The summed E-state index contributed by atoms with van der Waals surface area (Å²) < 4.78 is 5.40. The molecule has 1 aromatic rings. The van der Waals surface area contributed by atoms with Crippen LogP contribution < -0.4 is 4.90 Å². The van der Waals surface area contributed by atoms with Crippen LogP contribution in [0.1, 0.15) is 30.9 Å². The molecule has 0 aromatic carbocycles. The number of piperidine rings is 1. The summed E-state index contributed by atoms with van der Waals surface area (Å²) in [6, 6.07) is 2.08. The quantitative estimate of drug-likeness (QED) is 0.845. The summed E-state index contributed by atoms with van der Waals surface area (Å²) in [6.07, 6.45) is 4.20. The summed E-state index contributed by atoms with van der Waals surface area (Å²) in [5.41, 5.74) is 1.09. The van der Waals surface area contributed by atoms with E-state index in [1.807, 2.05) is 0 Å². The minimum atomic E-state index is -0.147. The molecule has 1 N–H and O–H groups in total. The molecule has 18 heavy (non-hydrogen) atoms. The first-order chi connectivity index (χ1) is 8.83. The largest absolute Gasteiger partial charge is 0.393 e. The van der Waals surface area contributed by atoms with Crippen molar-refractivity contribution in [1.29, 1.82) is 0 Å². The van der Waals surface area contributed by atoms with Gasteiger partial charge in [-0.2, -0.15) is 0 Å². The summed E-state index contributed by atoms with van der Waals surface area (Å²) in [5.74, 6) is 1.40. The number of anilines is 1. The maximum Gasteiger partial charge on any atom is 0.132 e. The Morgan fingerprint density at radius 2 is 2.06 bits per heavy atom. The van der Waals surface area contributed by atoms with E-state index in [1.54, 1.807) is 6.33 Å². The van der Waals surface area contributed by atoms with E-state index in [0.29, 0.717) is 5.92 Å². The zero-order valence-corrected chi connectivity index (χ0v) is 10.5. The first-order valence-corrected chi connectivity index (χ1v) is 6.65. The zero-order valence-electron chi connectivity index (χ0n) is 10.5. The third-order valence-corrected chi connectivity index (χ3v) is 3.81. The van der Waals surface area contributed by atoms with E-state index in [1.165, 1.54) is 0 Å². The van der Waals surface area contributed by atoms with Crippen LogP contribution in [-0.2, 0) is 4.74 Å². The molecule has 1 atom stereocenters. The molecule has 0 aliphatic carbocycles. The molecule has 1 aromatic heterocycles. The van der Waals surface area contributed by atoms with E-state index in [0.717, 1.165) is 57.1 Å². The van der Waals surface area contributed by atoms with Gasteiger partial charge in [0.15, 0.2) is 0 Å². The molecule has 5 nitrogen and oxygen atoms in total. The number of hydrogen-bond acceptors (Lipinski definition) is 5. The maximum absolute atomic E-state index is 9.53. The van der Waals surface area contributed by atoms with Crippen LogP contribution in [-0.4, -0.2) is 47.5 Å². The topological polar surface area (TPSA) is 58.5 Å². The van der Waals surface area contributed by atoms with Crippen molar-refractivity contribution in [2.24, 2.45) is 0 Å². The Morgan fingerprint density at radius 1 is 1.22 bits per heavy atom. The number of hydrogen-bond donors (Lipinski definition) is 1. The van der Waals surface area contributed by atoms with Gasteiger partial charge in [-0.3, -0.25) is 0 Å². The molecule has 2 aliphatic heterocycles. The Bertz CT molecular complexity index is 399. The van der Waals surface area contributed by atoms with Gasteiger partial charge in [0.05, 0.1) is 18.4 Å². The third kappa shape index (κ3) is 2.47. The van der Waals surface area contributed by atoms with Crippen molar-refractivity contribution in [1.82, 2.24) is 9.97 Å². The van der Waals surface area contributed by atoms with Crippen molar-refractivity contribution in [3.8, 4) is 0 Å². The van der Waals surface area contributed by atoms with Gasteiger partial charge in [0.1, 0.15) is 12.1 Å². The number of nitrogens with zero attached hydrogens (tertiary/aromatic N) is 3. The van der Waals surface area contributed by atoms with E-state index < -0.39 is 0 Å². The lowest BCUT2D eigenvalue weighted by molar-refractivity contribution is 0.145. The number of aliphatic hydroxyl groups excluding tert-OH is 1. The summed E-state index contributed by atoms with van der Waals surface area (Å²) in [4.78, 5) is 10.9. The monoisotopic (exact) mass is 249 g/mol. The van der Waals surface area contributed by atoms with Crippen LogP contribution >= 0.6 is 0 Å². The summed E-state index contributed by atoms with van der Waals surface area (Å²) in [7, 11) is 0. The first kappa shape index (κ1) is 11.9. The van der Waals surface area contributed by atoms with E-state index in [-0.39, 0.29) is 6.10 Å². The molecule has 1 unspecified atom stereocenters. The lowest BCUT2D eigenvalue weighted by Crippen LogP contribution is -2.36. The lowest BCUT2D eigenvalue weighted by Gasteiger charge is -2.30. The average molecular weight is 249 g/mol. The van der Waals surface area contributed by atoms with Gasteiger partial charge in [-0.15, -0.1) is 0 Å². The molecular weight excluding hydrogens is 230 g/mol. The van der Waals surface area contributed by atoms with E-state index in [4.69, 9.17) is 4.74 Å². The van der Waals surface area contributed by atoms with Crippen molar-refractivity contribution in [2.45, 2.75) is 31.3 Å². The molecule has 0 spiro atoms. The van der Waals surface area contributed by atoms with Gasteiger partial charge in [-0.1, -0.05) is 0 Å². The van der Waals surface area contributed by atoms with Crippen LogP contribution in [0.4, 0.5) is 5.82 Å². The molecule has 0 amide bonds. The Balaban J connectivity index is 1.74. The van der Waals surface area contributed by atoms with Crippen LogP contribution in [0, 0.1) is 0 Å². The van der Waals surface area contributed by atoms with Gasteiger partial charge in [-0.25, -0.2) is 9.97 Å². The predicted molar refractivity (Wildman–Crippen MR) is 67.7 cm³/mol. The molecule has 0 radical (unpaired) electrons. The maximum atomic E-state index is 9.53. The standard InChI is InChI=1S/C13H19N3O2/c17-11-1-4-16(5-2-11)13-7-12(14-9-15-13)10-3-6-18-8-10/h7,9-11,17H,1-6,8H2. The molecule has 3 heterocycles. The van der Waals surface area contributed by atoms with Crippen molar-refractivity contribution >= 4 is 5.82 Å². The van der Waals surface area contributed by atoms with Gasteiger partial charge in [-0.05, 0) is 19.3 Å².